The summed E-state index contributed by atoms with van der Waals surface area (Å²) < 4.78 is 33.8. The summed E-state index contributed by atoms with van der Waals surface area (Å²) in [6.45, 7) is 12.2. The molecule has 28 heavy (non-hydrogen) atoms. The maximum absolute atomic E-state index is 12.5. The van der Waals surface area contributed by atoms with Crippen LogP contribution in [0.3, 0.4) is 0 Å². The first-order chi connectivity index (χ1) is 13.1. The third kappa shape index (κ3) is 4.82. The van der Waals surface area contributed by atoms with Crippen molar-refractivity contribution >= 4 is 9.84 Å². The monoisotopic (exact) mass is 411 g/mol. The first-order valence-corrected chi connectivity index (χ1v) is 11.3. The molecular formula is C19H33N5O3S. The van der Waals surface area contributed by atoms with Crippen molar-refractivity contribution in [3.63, 3.8) is 0 Å². The minimum atomic E-state index is -3.40. The van der Waals surface area contributed by atoms with Crippen LogP contribution in [0.2, 0.25) is 0 Å². The Morgan fingerprint density at radius 2 is 1.93 bits per heavy atom. The second-order valence-electron chi connectivity index (χ2n) is 7.35. The normalized spacial score (nSPS) is 12.5. The molecule has 0 amide bonds. The third-order valence-electron chi connectivity index (χ3n) is 5.19. The highest BCUT2D eigenvalue weighted by Crippen LogP contribution is 2.20. The van der Waals surface area contributed by atoms with Gasteiger partial charge in [0.15, 0.2) is 0 Å². The molecule has 2 aromatic rings. The number of rotatable bonds is 10. The lowest BCUT2D eigenvalue weighted by molar-refractivity contribution is 0.174. The van der Waals surface area contributed by atoms with Crippen LogP contribution >= 0.6 is 0 Å². The molecule has 158 valence electrons. The summed E-state index contributed by atoms with van der Waals surface area (Å²) in [5.74, 6) is 0.0262. The molecule has 2 rings (SSSR count). The molecule has 0 radical (unpaired) electrons. The summed E-state index contributed by atoms with van der Waals surface area (Å²) in [6, 6.07) is 0.274. The van der Waals surface area contributed by atoms with Crippen LogP contribution < -0.4 is 0 Å². The Hall–Kier alpha value is -1.71. The zero-order chi connectivity index (χ0) is 21.1. The standard InChI is InChI=1S/C19H33N5O3S/c1-8-28(25,26)19-20-11-17(24(19)9-10-27-7)12-23(14(2)3)13-18-15(4)21-22(6)16(18)5/h11,14H,8-10,12-13H2,1-7H3. The van der Waals surface area contributed by atoms with Gasteiger partial charge in [-0.3, -0.25) is 9.58 Å². The Balaban J connectivity index is 2.37. The van der Waals surface area contributed by atoms with Crippen molar-refractivity contribution in [2.75, 3.05) is 19.5 Å². The van der Waals surface area contributed by atoms with Gasteiger partial charge in [-0.15, -0.1) is 0 Å². The van der Waals surface area contributed by atoms with E-state index in [1.54, 1.807) is 24.8 Å². The van der Waals surface area contributed by atoms with E-state index in [2.05, 4.69) is 35.8 Å². The van der Waals surface area contributed by atoms with Crippen molar-refractivity contribution in [1.29, 1.82) is 0 Å². The number of nitrogens with zero attached hydrogens (tertiary/aromatic N) is 5. The van der Waals surface area contributed by atoms with Gasteiger partial charge < -0.3 is 9.30 Å². The largest absolute Gasteiger partial charge is 0.383 e. The minimum absolute atomic E-state index is 0.0262. The average Bonchev–Trinajstić information content (AvgIpc) is 3.15. The predicted molar refractivity (Wildman–Crippen MR) is 109 cm³/mol. The lowest BCUT2D eigenvalue weighted by Crippen LogP contribution is -2.31. The number of hydrogen-bond acceptors (Lipinski definition) is 6. The van der Waals surface area contributed by atoms with Crippen LogP contribution in [0.15, 0.2) is 11.4 Å². The molecule has 0 saturated heterocycles. The van der Waals surface area contributed by atoms with E-state index < -0.39 is 9.84 Å². The molecule has 0 fully saturated rings. The lowest BCUT2D eigenvalue weighted by atomic mass is 10.1. The summed E-state index contributed by atoms with van der Waals surface area (Å²) in [7, 11) is 0.163. The smallest absolute Gasteiger partial charge is 0.227 e. The summed E-state index contributed by atoms with van der Waals surface area (Å²) in [5, 5.41) is 4.64. The summed E-state index contributed by atoms with van der Waals surface area (Å²) in [6.07, 6.45) is 1.68. The van der Waals surface area contributed by atoms with E-state index >= 15 is 0 Å². The van der Waals surface area contributed by atoms with Crippen LogP contribution in [-0.4, -0.2) is 58.2 Å². The fourth-order valence-electron chi connectivity index (χ4n) is 3.20. The first kappa shape index (κ1) is 22.6. The van der Waals surface area contributed by atoms with Gasteiger partial charge in [0, 0.05) is 51.1 Å². The van der Waals surface area contributed by atoms with Crippen LogP contribution in [0.25, 0.3) is 0 Å². The maximum Gasteiger partial charge on any atom is 0.227 e. The summed E-state index contributed by atoms with van der Waals surface area (Å²) >= 11 is 0. The van der Waals surface area contributed by atoms with E-state index in [1.165, 1.54) is 5.56 Å². The van der Waals surface area contributed by atoms with Crippen LogP contribution in [0.4, 0.5) is 0 Å². The van der Waals surface area contributed by atoms with Crippen molar-refractivity contribution in [1.82, 2.24) is 24.2 Å². The van der Waals surface area contributed by atoms with Crippen molar-refractivity contribution in [3.8, 4) is 0 Å². The topological polar surface area (TPSA) is 82.3 Å². The molecule has 2 heterocycles. The van der Waals surface area contributed by atoms with E-state index in [-0.39, 0.29) is 17.0 Å². The van der Waals surface area contributed by atoms with Crippen LogP contribution in [0, 0.1) is 13.8 Å². The van der Waals surface area contributed by atoms with Gasteiger partial charge in [0.2, 0.25) is 15.0 Å². The Labute approximate surface area is 168 Å². The van der Waals surface area contributed by atoms with Gasteiger partial charge in [-0.25, -0.2) is 13.4 Å². The molecule has 8 nitrogen and oxygen atoms in total. The highest BCUT2D eigenvalue weighted by molar-refractivity contribution is 7.91. The predicted octanol–water partition coefficient (Wildman–Crippen LogP) is 2.08. The van der Waals surface area contributed by atoms with Gasteiger partial charge in [0.1, 0.15) is 0 Å². The molecule has 0 aliphatic rings. The van der Waals surface area contributed by atoms with E-state index in [1.807, 2.05) is 18.7 Å². The number of ether oxygens (including phenoxy) is 1. The molecule has 0 aliphatic heterocycles. The Morgan fingerprint density at radius 1 is 1.25 bits per heavy atom. The molecule has 0 bridgehead atoms. The molecule has 0 saturated carbocycles. The summed E-state index contributed by atoms with van der Waals surface area (Å²) in [4.78, 5) is 6.55. The number of aryl methyl sites for hydroxylation is 2. The van der Waals surface area contributed by atoms with Crippen molar-refractivity contribution in [3.05, 3.63) is 28.8 Å². The van der Waals surface area contributed by atoms with Gasteiger partial charge in [-0.1, -0.05) is 6.92 Å². The van der Waals surface area contributed by atoms with Crippen LogP contribution in [0.5, 0.6) is 0 Å². The highest BCUT2D eigenvalue weighted by Gasteiger charge is 2.24. The zero-order valence-corrected chi connectivity index (χ0v) is 18.9. The second-order valence-corrected chi connectivity index (χ2v) is 9.52. The summed E-state index contributed by atoms with van der Waals surface area (Å²) in [5.41, 5.74) is 4.25. The molecule has 0 atom stereocenters. The van der Waals surface area contributed by atoms with E-state index in [4.69, 9.17) is 4.74 Å². The van der Waals surface area contributed by atoms with Gasteiger partial charge in [-0.05, 0) is 27.7 Å². The number of aromatic nitrogens is 4. The SMILES string of the molecule is CCS(=O)(=O)c1ncc(CN(Cc2c(C)nn(C)c2C)C(C)C)n1CCOC. The van der Waals surface area contributed by atoms with Crippen molar-refractivity contribution < 1.29 is 13.2 Å². The number of hydrogen-bond donors (Lipinski definition) is 0. The molecule has 9 heteroatoms. The molecule has 0 aliphatic carbocycles. The van der Waals surface area contributed by atoms with Crippen LogP contribution in [0.1, 0.15) is 43.4 Å². The zero-order valence-electron chi connectivity index (χ0n) is 18.1. The molecule has 0 aromatic carbocycles. The van der Waals surface area contributed by atoms with Gasteiger partial charge in [0.05, 0.1) is 29.9 Å². The maximum atomic E-state index is 12.5. The second kappa shape index (κ2) is 9.19. The van der Waals surface area contributed by atoms with Crippen LogP contribution in [-0.2, 0) is 41.3 Å². The van der Waals surface area contributed by atoms with Crippen molar-refractivity contribution in [2.45, 2.75) is 65.5 Å². The quantitative estimate of drug-likeness (QED) is 0.595. The fourth-order valence-corrected chi connectivity index (χ4v) is 4.21. The average molecular weight is 412 g/mol. The first-order valence-electron chi connectivity index (χ1n) is 9.61. The minimum Gasteiger partial charge on any atom is -0.383 e. The number of methoxy groups -OCH3 is 1. The van der Waals surface area contributed by atoms with Crippen molar-refractivity contribution in [2.24, 2.45) is 7.05 Å². The van der Waals surface area contributed by atoms with Gasteiger partial charge >= 0.3 is 0 Å². The van der Waals surface area contributed by atoms with Gasteiger partial charge in [0.25, 0.3) is 0 Å². The Bertz CT molecular complexity index is 899. The van der Waals surface area contributed by atoms with E-state index in [9.17, 15) is 8.42 Å². The van der Waals surface area contributed by atoms with E-state index in [0.29, 0.717) is 19.7 Å². The van der Waals surface area contributed by atoms with Gasteiger partial charge in [-0.2, -0.15) is 5.10 Å². The number of sulfone groups is 1. The fraction of sp³-hybridized carbons (Fsp3) is 0.684. The van der Waals surface area contributed by atoms with E-state index in [0.717, 1.165) is 23.6 Å². The molecular weight excluding hydrogens is 378 g/mol. The lowest BCUT2D eigenvalue weighted by Gasteiger charge is -2.27. The Morgan fingerprint density at radius 3 is 2.43 bits per heavy atom. The molecule has 0 unspecified atom stereocenters. The number of imidazole rings is 1. The Kier molecular flexibility index (Phi) is 7.41. The third-order valence-corrected chi connectivity index (χ3v) is 6.84. The molecule has 2 aromatic heterocycles. The molecule has 0 N–H and O–H groups in total. The molecule has 0 spiro atoms. The highest BCUT2D eigenvalue weighted by atomic mass is 32.2.